The highest BCUT2D eigenvalue weighted by molar-refractivity contribution is 7.80. The van der Waals surface area contributed by atoms with Crippen molar-refractivity contribution >= 4 is 22.9 Å². The predicted octanol–water partition coefficient (Wildman–Crippen LogP) is 2.46. The number of carbonyl (C=O) groups is 1. The maximum absolute atomic E-state index is 12.1. The van der Waals surface area contributed by atoms with E-state index < -0.39 is 17.3 Å². The van der Waals surface area contributed by atoms with Crippen molar-refractivity contribution in [2.75, 3.05) is 31.6 Å². The van der Waals surface area contributed by atoms with Gasteiger partial charge in [-0.05, 0) is 39.1 Å². The molecular formula is C17H28N2O4S. The maximum atomic E-state index is 12.1. The second kappa shape index (κ2) is 9.76. The summed E-state index contributed by atoms with van der Waals surface area (Å²) >= 11 is -2.24. The van der Waals surface area contributed by atoms with Gasteiger partial charge in [-0.1, -0.05) is 31.5 Å². The van der Waals surface area contributed by atoms with Crippen LogP contribution in [-0.4, -0.2) is 52.9 Å². The van der Waals surface area contributed by atoms with E-state index in [0.29, 0.717) is 18.8 Å². The molecule has 7 heteroatoms. The standard InChI is InChI=1S/C17H28N2O4S/c1-13(2)12-23-17(20)10-16(11-18(4)5)19(24(21)22)15-8-6-14(3)7-9-15/h6-9,13,16H,10-12H2,1-5H3,(H,21,22). The van der Waals surface area contributed by atoms with Crippen LogP contribution in [0.4, 0.5) is 5.69 Å². The van der Waals surface area contributed by atoms with Crippen molar-refractivity contribution in [3.05, 3.63) is 29.8 Å². The molecule has 1 aromatic rings. The van der Waals surface area contributed by atoms with Crippen LogP contribution in [0, 0.1) is 12.8 Å². The molecule has 1 rings (SSSR count). The fourth-order valence-electron chi connectivity index (χ4n) is 2.27. The minimum atomic E-state index is -2.24. The highest BCUT2D eigenvalue weighted by Crippen LogP contribution is 2.22. The van der Waals surface area contributed by atoms with E-state index in [1.807, 2.05) is 51.9 Å². The van der Waals surface area contributed by atoms with Crippen molar-refractivity contribution in [2.45, 2.75) is 33.2 Å². The second-order valence-corrected chi connectivity index (χ2v) is 7.44. The zero-order valence-corrected chi connectivity index (χ0v) is 15.9. The summed E-state index contributed by atoms with van der Waals surface area (Å²) in [6.45, 7) is 6.68. The van der Waals surface area contributed by atoms with Crippen molar-refractivity contribution in [1.29, 1.82) is 0 Å². The molecule has 0 heterocycles. The zero-order chi connectivity index (χ0) is 18.3. The Morgan fingerprint density at radius 2 is 1.83 bits per heavy atom. The number of rotatable bonds is 9. The largest absolute Gasteiger partial charge is 0.465 e. The average molecular weight is 356 g/mol. The molecule has 24 heavy (non-hydrogen) atoms. The molecule has 1 aromatic carbocycles. The first-order chi connectivity index (χ1) is 11.2. The number of carbonyl (C=O) groups excluding carboxylic acids is 1. The van der Waals surface area contributed by atoms with Crippen LogP contribution < -0.4 is 4.31 Å². The highest BCUT2D eigenvalue weighted by atomic mass is 32.2. The highest BCUT2D eigenvalue weighted by Gasteiger charge is 2.27. The molecule has 0 radical (unpaired) electrons. The van der Waals surface area contributed by atoms with Gasteiger partial charge in [0.25, 0.3) is 11.3 Å². The van der Waals surface area contributed by atoms with Gasteiger partial charge in [0.2, 0.25) is 0 Å². The molecule has 0 aliphatic rings. The van der Waals surface area contributed by atoms with Crippen LogP contribution in [0.15, 0.2) is 24.3 Å². The molecule has 0 aromatic heterocycles. The van der Waals surface area contributed by atoms with E-state index in [2.05, 4.69) is 0 Å². The number of ether oxygens (including phenoxy) is 1. The Kier molecular flexibility index (Phi) is 8.38. The van der Waals surface area contributed by atoms with E-state index >= 15 is 0 Å². The molecule has 1 N–H and O–H groups in total. The Bertz CT molecular complexity index is 546. The molecule has 2 atom stereocenters. The Hall–Kier alpha value is -1.44. The van der Waals surface area contributed by atoms with Gasteiger partial charge in [-0.3, -0.25) is 13.7 Å². The lowest BCUT2D eigenvalue weighted by Gasteiger charge is -2.31. The molecule has 0 spiro atoms. The smallest absolute Gasteiger partial charge is 0.307 e. The van der Waals surface area contributed by atoms with Crippen molar-refractivity contribution < 1.29 is 18.3 Å². The summed E-state index contributed by atoms with van der Waals surface area (Å²) in [6.07, 6.45) is 0.0467. The minimum Gasteiger partial charge on any atom is -0.465 e. The van der Waals surface area contributed by atoms with E-state index in [1.54, 1.807) is 12.1 Å². The van der Waals surface area contributed by atoms with Gasteiger partial charge < -0.3 is 9.64 Å². The Morgan fingerprint density at radius 3 is 2.29 bits per heavy atom. The van der Waals surface area contributed by atoms with Crippen molar-refractivity contribution in [2.24, 2.45) is 5.92 Å². The van der Waals surface area contributed by atoms with Gasteiger partial charge in [-0.2, -0.15) is 0 Å². The first-order valence-corrected chi connectivity index (χ1v) is 9.04. The maximum Gasteiger partial charge on any atom is 0.307 e. The number of hydrogen-bond acceptors (Lipinski definition) is 4. The second-order valence-electron chi connectivity index (χ2n) is 6.59. The number of anilines is 1. The summed E-state index contributed by atoms with van der Waals surface area (Å²) in [5, 5.41) is 0. The molecule has 0 amide bonds. The molecule has 0 saturated carbocycles. The van der Waals surface area contributed by atoms with E-state index in [-0.39, 0.29) is 18.3 Å². The van der Waals surface area contributed by atoms with E-state index in [1.165, 1.54) is 4.31 Å². The van der Waals surface area contributed by atoms with Crippen LogP contribution in [0.5, 0.6) is 0 Å². The summed E-state index contributed by atoms with van der Waals surface area (Å²) in [6, 6.07) is 6.85. The van der Waals surface area contributed by atoms with Gasteiger partial charge >= 0.3 is 5.97 Å². The zero-order valence-electron chi connectivity index (χ0n) is 15.1. The lowest BCUT2D eigenvalue weighted by molar-refractivity contribution is -0.145. The Labute approximate surface area is 147 Å². The van der Waals surface area contributed by atoms with Crippen molar-refractivity contribution in [3.63, 3.8) is 0 Å². The molecule has 6 nitrogen and oxygen atoms in total. The van der Waals surface area contributed by atoms with Gasteiger partial charge in [-0.15, -0.1) is 0 Å². The third-order valence-corrected chi connectivity index (χ3v) is 4.19. The average Bonchev–Trinajstić information content (AvgIpc) is 2.46. The SMILES string of the molecule is Cc1ccc(N(C(CC(=O)OCC(C)C)CN(C)C)S(=O)O)cc1. The Balaban J connectivity index is 2.98. The minimum absolute atomic E-state index is 0.0467. The van der Waals surface area contributed by atoms with E-state index in [9.17, 15) is 13.6 Å². The molecule has 0 aliphatic carbocycles. The number of benzene rings is 1. The first kappa shape index (κ1) is 20.6. The van der Waals surface area contributed by atoms with Gasteiger partial charge in [0.1, 0.15) is 0 Å². The van der Waals surface area contributed by atoms with Crippen LogP contribution in [-0.2, 0) is 20.8 Å². The van der Waals surface area contributed by atoms with Gasteiger partial charge in [0.05, 0.1) is 24.8 Å². The molecule has 136 valence electrons. The number of likely N-dealkylation sites (N-methyl/N-ethyl adjacent to an activating group) is 1. The van der Waals surface area contributed by atoms with Crippen LogP contribution in [0.3, 0.4) is 0 Å². The number of hydrogen-bond donors (Lipinski definition) is 1. The van der Waals surface area contributed by atoms with Crippen LogP contribution in [0.2, 0.25) is 0 Å². The summed E-state index contributed by atoms with van der Waals surface area (Å²) < 4.78 is 28.3. The lowest BCUT2D eigenvalue weighted by atomic mass is 10.1. The van der Waals surface area contributed by atoms with Gasteiger partial charge in [-0.25, -0.2) is 4.21 Å². The van der Waals surface area contributed by atoms with Gasteiger partial charge in [0, 0.05) is 6.54 Å². The summed E-state index contributed by atoms with van der Waals surface area (Å²) in [7, 11) is 3.72. The first-order valence-electron chi connectivity index (χ1n) is 7.98. The summed E-state index contributed by atoms with van der Waals surface area (Å²) in [5.74, 6) is -0.112. The number of aryl methyl sites for hydroxylation is 1. The number of esters is 1. The van der Waals surface area contributed by atoms with Crippen LogP contribution in [0.1, 0.15) is 25.8 Å². The van der Waals surface area contributed by atoms with Crippen LogP contribution in [0.25, 0.3) is 0 Å². The fourth-order valence-corrected chi connectivity index (χ4v) is 2.97. The van der Waals surface area contributed by atoms with Crippen molar-refractivity contribution in [3.8, 4) is 0 Å². The monoisotopic (exact) mass is 356 g/mol. The molecule has 0 aliphatic heterocycles. The third-order valence-electron chi connectivity index (χ3n) is 3.34. The third kappa shape index (κ3) is 6.98. The molecule has 2 unspecified atom stereocenters. The van der Waals surface area contributed by atoms with Gasteiger partial charge in [0.15, 0.2) is 0 Å². The predicted molar refractivity (Wildman–Crippen MR) is 97.2 cm³/mol. The summed E-state index contributed by atoms with van der Waals surface area (Å²) in [5.41, 5.74) is 1.66. The molecule has 0 fully saturated rings. The van der Waals surface area contributed by atoms with E-state index in [4.69, 9.17) is 4.74 Å². The molecule has 0 saturated heterocycles. The fraction of sp³-hybridized carbons (Fsp3) is 0.588. The molecular weight excluding hydrogens is 328 g/mol. The van der Waals surface area contributed by atoms with Crippen LogP contribution >= 0.6 is 0 Å². The topological polar surface area (TPSA) is 70.1 Å². The lowest BCUT2D eigenvalue weighted by Crippen LogP contribution is -2.44. The normalized spacial score (nSPS) is 13.8. The number of nitrogens with zero attached hydrogens (tertiary/aromatic N) is 2. The Morgan fingerprint density at radius 1 is 1.25 bits per heavy atom. The van der Waals surface area contributed by atoms with Crippen molar-refractivity contribution in [1.82, 2.24) is 4.90 Å². The summed E-state index contributed by atoms with van der Waals surface area (Å²) in [4.78, 5) is 14.0. The van der Waals surface area contributed by atoms with E-state index in [0.717, 1.165) is 5.56 Å². The quantitative estimate of drug-likeness (QED) is 0.544. The molecule has 0 bridgehead atoms.